The number of nitrogens with zero attached hydrogens (tertiary/aromatic N) is 2. The maximum atomic E-state index is 11.3. The smallest absolute Gasteiger partial charge is 0.338 e. The number of rotatable bonds is 8. The van der Waals surface area contributed by atoms with E-state index in [1.54, 1.807) is 17.5 Å². The number of nitrogens with one attached hydrogen (secondary N) is 2. The number of carboxylic acid groups (broad SMARTS) is 1. The normalized spacial score (nSPS) is 10.3. The fraction of sp³-hybridized carbons (Fsp3) is 0.167. The van der Waals surface area contributed by atoms with Crippen molar-refractivity contribution in [3.05, 3.63) is 40.4 Å². The van der Waals surface area contributed by atoms with Gasteiger partial charge in [-0.25, -0.2) is 9.78 Å². The van der Waals surface area contributed by atoms with Gasteiger partial charge in [0.05, 0.1) is 33.1 Å². The third-order valence-corrected chi connectivity index (χ3v) is 4.90. The lowest BCUT2D eigenvalue weighted by atomic mass is 10.2. The van der Waals surface area contributed by atoms with Crippen LogP contribution in [-0.4, -0.2) is 42.4 Å². The van der Waals surface area contributed by atoms with Crippen LogP contribution in [0.25, 0.3) is 0 Å². The molecule has 2 heterocycles. The van der Waals surface area contributed by atoms with Crippen molar-refractivity contribution in [2.24, 2.45) is 0 Å². The van der Waals surface area contributed by atoms with E-state index in [9.17, 15) is 9.90 Å². The van der Waals surface area contributed by atoms with Gasteiger partial charge in [0, 0.05) is 17.8 Å². The lowest BCUT2D eigenvalue weighted by Crippen LogP contribution is -2.04. The summed E-state index contributed by atoms with van der Waals surface area (Å²) in [6, 6.07) is 4.90. The van der Waals surface area contributed by atoms with Gasteiger partial charge in [0.25, 0.3) is 0 Å². The molecule has 0 bridgehead atoms. The maximum Gasteiger partial charge on any atom is 0.338 e. The molecular weight excluding hydrogens is 420 g/mol. The molecule has 3 rings (SSSR count). The Bertz CT molecular complexity index is 1020. The summed E-state index contributed by atoms with van der Waals surface area (Å²) in [5, 5.41) is 17.5. The van der Waals surface area contributed by atoms with E-state index in [0.717, 1.165) is 0 Å². The number of hydrogen-bond donors (Lipinski definition) is 3. The zero-order chi connectivity index (χ0) is 21.0. The van der Waals surface area contributed by atoms with E-state index >= 15 is 0 Å². The molecule has 0 saturated heterocycles. The first-order valence-electron chi connectivity index (χ1n) is 8.14. The van der Waals surface area contributed by atoms with Crippen LogP contribution in [0.15, 0.2) is 29.8 Å². The lowest BCUT2D eigenvalue weighted by molar-refractivity contribution is 0.0698. The van der Waals surface area contributed by atoms with Gasteiger partial charge in [-0.15, -0.1) is 11.3 Å². The lowest BCUT2D eigenvalue weighted by Gasteiger charge is -2.15. The minimum absolute atomic E-state index is 0.129. The van der Waals surface area contributed by atoms with Gasteiger partial charge in [0.1, 0.15) is 10.0 Å². The molecule has 3 aromatic rings. The van der Waals surface area contributed by atoms with Crippen LogP contribution in [0, 0.1) is 0 Å². The number of aromatic nitrogens is 2. The molecule has 0 aliphatic heterocycles. The molecule has 1 aromatic carbocycles. The Morgan fingerprint density at radius 3 is 2.41 bits per heavy atom. The standard InChI is InChI=1S/C18H17ClN4O5S/c1-26-12-6-9(7-13(27-2)14(12)28-3)21-18-20-8-11(19)15(23-18)22-16-10(17(24)25)4-5-29-16/h4-8H,1-3H3,(H,24,25)(H2,20,21,22,23). The molecule has 0 radical (unpaired) electrons. The summed E-state index contributed by atoms with van der Waals surface area (Å²) >= 11 is 7.40. The van der Waals surface area contributed by atoms with E-state index in [4.69, 9.17) is 25.8 Å². The molecule has 3 N–H and O–H groups in total. The molecule has 0 unspecified atom stereocenters. The van der Waals surface area contributed by atoms with Crippen LogP contribution >= 0.6 is 22.9 Å². The van der Waals surface area contributed by atoms with Crippen molar-refractivity contribution in [2.75, 3.05) is 32.0 Å². The largest absolute Gasteiger partial charge is 0.493 e. The van der Waals surface area contributed by atoms with E-state index < -0.39 is 5.97 Å². The number of carboxylic acids is 1. The fourth-order valence-corrected chi connectivity index (χ4v) is 3.40. The SMILES string of the molecule is COc1cc(Nc2ncc(Cl)c(Nc3sccc3C(=O)O)n2)cc(OC)c1OC. The molecular formula is C18H17ClN4O5S. The van der Waals surface area contributed by atoms with E-state index in [0.29, 0.717) is 27.9 Å². The van der Waals surface area contributed by atoms with E-state index in [1.165, 1.54) is 44.9 Å². The number of methoxy groups -OCH3 is 3. The van der Waals surface area contributed by atoms with Crippen molar-refractivity contribution in [3.8, 4) is 17.2 Å². The number of benzene rings is 1. The van der Waals surface area contributed by atoms with Gasteiger partial charge < -0.3 is 30.0 Å². The fourth-order valence-electron chi connectivity index (χ4n) is 2.48. The number of aromatic carboxylic acids is 1. The molecule has 9 nitrogen and oxygen atoms in total. The van der Waals surface area contributed by atoms with Gasteiger partial charge in [-0.1, -0.05) is 11.6 Å². The Kier molecular flexibility index (Phi) is 6.25. The predicted molar refractivity (Wildman–Crippen MR) is 111 cm³/mol. The quantitative estimate of drug-likeness (QED) is 0.472. The number of carbonyl (C=O) groups is 1. The first-order chi connectivity index (χ1) is 14.0. The summed E-state index contributed by atoms with van der Waals surface area (Å²) in [6.07, 6.45) is 1.41. The molecule has 0 aliphatic carbocycles. The van der Waals surface area contributed by atoms with Crippen LogP contribution < -0.4 is 24.8 Å². The summed E-state index contributed by atoms with van der Waals surface area (Å²) in [7, 11) is 4.55. The van der Waals surface area contributed by atoms with Gasteiger partial charge >= 0.3 is 5.97 Å². The van der Waals surface area contributed by atoms with Crippen LogP contribution in [-0.2, 0) is 0 Å². The third-order valence-electron chi connectivity index (χ3n) is 3.79. The Labute approximate surface area is 175 Å². The van der Waals surface area contributed by atoms with Crippen molar-refractivity contribution in [2.45, 2.75) is 0 Å². The molecule has 0 atom stereocenters. The Hall–Kier alpha value is -3.24. The average Bonchev–Trinajstić information content (AvgIpc) is 3.18. The minimum atomic E-state index is -1.05. The Balaban J connectivity index is 1.90. The number of anilines is 4. The zero-order valence-corrected chi connectivity index (χ0v) is 17.2. The molecule has 29 heavy (non-hydrogen) atoms. The molecule has 11 heteroatoms. The molecule has 152 valence electrons. The van der Waals surface area contributed by atoms with Gasteiger partial charge in [0.15, 0.2) is 17.3 Å². The predicted octanol–water partition coefficient (Wildman–Crippen LogP) is 4.40. The third kappa shape index (κ3) is 4.44. The van der Waals surface area contributed by atoms with Crippen molar-refractivity contribution in [1.29, 1.82) is 0 Å². The summed E-state index contributed by atoms with van der Waals surface area (Å²) in [5.41, 5.74) is 0.721. The van der Waals surface area contributed by atoms with E-state index in [1.807, 2.05) is 0 Å². The highest BCUT2D eigenvalue weighted by atomic mass is 35.5. The van der Waals surface area contributed by atoms with Crippen LogP contribution in [0.2, 0.25) is 5.02 Å². The van der Waals surface area contributed by atoms with Crippen molar-refractivity contribution < 1.29 is 24.1 Å². The van der Waals surface area contributed by atoms with Gasteiger partial charge in [0.2, 0.25) is 11.7 Å². The minimum Gasteiger partial charge on any atom is -0.493 e. The number of halogens is 1. The number of hydrogen-bond acceptors (Lipinski definition) is 9. The highest BCUT2D eigenvalue weighted by Gasteiger charge is 2.16. The second kappa shape index (κ2) is 8.84. The Morgan fingerprint density at radius 2 is 1.83 bits per heavy atom. The summed E-state index contributed by atoms with van der Waals surface area (Å²) in [5.74, 6) is 0.840. The van der Waals surface area contributed by atoms with Crippen LogP contribution in [0.5, 0.6) is 17.2 Å². The zero-order valence-electron chi connectivity index (χ0n) is 15.6. The number of ether oxygens (including phenoxy) is 3. The number of thiophene rings is 1. The van der Waals surface area contributed by atoms with Gasteiger partial charge in [-0.05, 0) is 11.4 Å². The van der Waals surface area contributed by atoms with E-state index in [2.05, 4.69) is 20.6 Å². The summed E-state index contributed by atoms with van der Waals surface area (Å²) in [6.45, 7) is 0. The van der Waals surface area contributed by atoms with Crippen molar-refractivity contribution in [1.82, 2.24) is 9.97 Å². The second-order valence-electron chi connectivity index (χ2n) is 5.52. The topological polar surface area (TPSA) is 115 Å². The molecule has 0 amide bonds. The highest BCUT2D eigenvalue weighted by molar-refractivity contribution is 7.14. The summed E-state index contributed by atoms with van der Waals surface area (Å²) < 4.78 is 16.0. The molecule has 0 fully saturated rings. The van der Waals surface area contributed by atoms with Gasteiger partial charge in [-0.3, -0.25) is 0 Å². The van der Waals surface area contributed by atoms with Crippen LogP contribution in [0.4, 0.5) is 22.5 Å². The molecule has 0 saturated carbocycles. The van der Waals surface area contributed by atoms with Crippen LogP contribution in [0.3, 0.4) is 0 Å². The van der Waals surface area contributed by atoms with Gasteiger partial charge in [-0.2, -0.15) is 4.98 Å². The highest BCUT2D eigenvalue weighted by Crippen LogP contribution is 2.40. The van der Waals surface area contributed by atoms with Crippen LogP contribution in [0.1, 0.15) is 10.4 Å². The second-order valence-corrected chi connectivity index (χ2v) is 6.85. The summed E-state index contributed by atoms with van der Waals surface area (Å²) in [4.78, 5) is 19.8. The molecule has 2 aromatic heterocycles. The maximum absolute atomic E-state index is 11.3. The monoisotopic (exact) mass is 436 g/mol. The van der Waals surface area contributed by atoms with Crippen molar-refractivity contribution >= 4 is 51.4 Å². The first kappa shape index (κ1) is 20.5. The molecule has 0 spiro atoms. The first-order valence-corrected chi connectivity index (χ1v) is 9.40. The van der Waals surface area contributed by atoms with Crippen molar-refractivity contribution in [3.63, 3.8) is 0 Å². The average molecular weight is 437 g/mol. The molecule has 0 aliphatic rings. The van der Waals surface area contributed by atoms with E-state index in [-0.39, 0.29) is 22.4 Å². The Morgan fingerprint density at radius 1 is 1.14 bits per heavy atom.